The summed E-state index contributed by atoms with van der Waals surface area (Å²) in [6.45, 7) is 4.59. The molecule has 5 nitrogen and oxygen atoms in total. The molecular weight excluding hydrogens is 358 g/mol. The molecule has 0 saturated carbocycles. The van der Waals surface area contributed by atoms with Crippen LogP contribution in [0.5, 0.6) is 0 Å². The van der Waals surface area contributed by atoms with Crippen molar-refractivity contribution in [3.05, 3.63) is 28.2 Å². The molecule has 2 saturated heterocycles. The number of amides is 2. The third-order valence-corrected chi connectivity index (χ3v) is 5.75. The van der Waals surface area contributed by atoms with Crippen LogP contribution >= 0.6 is 15.9 Å². The van der Waals surface area contributed by atoms with E-state index in [0.29, 0.717) is 25.4 Å². The van der Waals surface area contributed by atoms with Gasteiger partial charge in [0.2, 0.25) is 11.8 Å². The second kappa shape index (κ2) is 6.61. The lowest BCUT2D eigenvalue weighted by atomic mass is 10.1. The minimum Gasteiger partial charge on any atom is -0.342 e. The van der Waals surface area contributed by atoms with E-state index in [0.717, 1.165) is 35.2 Å². The second-order valence-electron chi connectivity index (χ2n) is 6.51. The number of likely N-dealkylation sites (tertiary alicyclic amines) is 1. The van der Waals surface area contributed by atoms with Crippen molar-refractivity contribution >= 4 is 33.4 Å². The summed E-state index contributed by atoms with van der Waals surface area (Å²) in [5.41, 5.74) is 7.64. The molecule has 2 atom stereocenters. The number of benzene rings is 1. The number of carbonyl (C=O) groups is 2. The Hall–Kier alpha value is -1.40. The molecule has 6 heteroatoms. The molecule has 0 unspecified atom stereocenters. The Bertz CT molecular complexity index is 634. The van der Waals surface area contributed by atoms with Crippen molar-refractivity contribution in [3.8, 4) is 0 Å². The predicted molar refractivity (Wildman–Crippen MR) is 93.1 cm³/mol. The zero-order valence-corrected chi connectivity index (χ0v) is 14.9. The summed E-state index contributed by atoms with van der Waals surface area (Å²) in [6.07, 6.45) is 1.27. The summed E-state index contributed by atoms with van der Waals surface area (Å²) in [6, 6.07) is 5.84. The van der Waals surface area contributed by atoms with E-state index in [1.165, 1.54) is 0 Å². The first-order chi connectivity index (χ1) is 11.0. The summed E-state index contributed by atoms with van der Waals surface area (Å²) in [4.78, 5) is 28.6. The van der Waals surface area contributed by atoms with Crippen molar-refractivity contribution in [1.82, 2.24) is 4.90 Å². The van der Waals surface area contributed by atoms with Gasteiger partial charge in [-0.05, 0) is 49.6 Å². The van der Waals surface area contributed by atoms with Crippen LogP contribution in [0.4, 0.5) is 5.69 Å². The molecule has 2 aliphatic heterocycles. The Balaban J connectivity index is 1.69. The predicted octanol–water partition coefficient (Wildman–Crippen LogP) is 1.92. The minimum atomic E-state index is -0.233. The molecule has 23 heavy (non-hydrogen) atoms. The molecule has 124 valence electrons. The summed E-state index contributed by atoms with van der Waals surface area (Å²) < 4.78 is 1.02. The van der Waals surface area contributed by atoms with E-state index in [2.05, 4.69) is 15.9 Å². The molecule has 1 aromatic rings. The normalized spacial score (nSPS) is 24.6. The Morgan fingerprint density at radius 3 is 2.83 bits per heavy atom. The molecule has 2 amide bonds. The van der Waals surface area contributed by atoms with E-state index in [1.807, 2.05) is 30.0 Å². The lowest BCUT2D eigenvalue weighted by Gasteiger charge is -2.21. The monoisotopic (exact) mass is 379 g/mol. The Morgan fingerprint density at radius 1 is 1.39 bits per heavy atom. The van der Waals surface area contributed by atoms with Gasteiger partial charge in [-0.1, -0.05) is 15.9 Å². The molecule has 0 spiro atoms. The van der Waals surface area contributed by atoms with Crippen molar-refractivity contribution in [1.29, 1.82) is 0 Å². The Labute approximate surface area is 144 Å². The topological polar surface area (TPSA) is 66.6 Å². The maximum atomic E-state index is 12.7. The van der Waals surface area contributed by atoms with Gasteiger partial charge in [0, 0.05) is 36.2 Å². The van der Waals surface area contributed by atoms with Crippen LogP contribution in [0.15, 0.2) is 22.7 Å². The Kier molecular flexibility index (Phi) is 4.73. The zero-order valence-electron chi connectivity index (χ0n) is 13.3. The van der Waals surface area contributed by atoms with Crippen molar-refractivity contribution in [2.24, 2.45) is 17.6 Å². The van der Waals surface area contributed by atoms with Crippen LogP contribution in [0.2, 0.25) is 0 Å². The van der Waals surface area contributed by atoms with E-state index in [-0.39, 0.29) is 17.7 Å². The van der Waals surface area contributed by atoms with Crippen molar-refractivity contribution in [2.45, 2.75) is 19.8 Å². The van der Waals surface area contributed by atoms with Crippen molar-refractivity contribution in [3.63, 3.8) is 0 Å². The summed E-state index contributed by atoms with van der Waals surface area (Å²) in [5.74, 6) is 0.300. The highest BCUT2D eigenvalue weighted by Crippen LogP contribution is 2.30. The van der Waals surface area contributed by atoms with Crippen LogP contribution in [0.1, 0.15) is 18.4 Å². The van der Waals surface area contributed by atoms with Gasteiger partial charge in [0.25, 0.3) is 0 Å². The van der Waals surface area contributed by atoms with E-state index in [4.69, 9.17) is 5.73 Å². The van der Waals surface area contributed by atoms with E-state index in [1.54, 1.807) is 4.90 Å². The number of nitrogens with two attached hydrogens (primary N) is 1. The fourth-order valence-electron chi connectivity index (χ4n) is 3.40. The highest BCUT2D eigenvalue weighted by atomic mass is 79.9. The lowest BCUT2D eigenvalue weighted by molar-refractivity contribution is -0.134. The molecule has 2 N–H and O–H groups in total. The maximum Gasteiger partial charge on any atom is 0.228 e. The lowest BCUT2D eigenvalue weighted by Crippen LogP contribution is -2.36. The largest absolute Gasteiger partial charge is 0.342 e. The number of nitrogens with zero attached hydrogens (tertiary/aromatic N) is 2. The summed E-state index contributed by atoms with van der Waals surface area (Å²) in [7, 11) is 0. The van der Waals surface area contributed by atoms with E-state index in [9.17, 15) is 9.59 Å². The molecule has 1 aromatic carbocycles. The zero-order chi connectivity index (χ0) is 16.6. The fourth-order valence-corrected chi connectivity index (χ4v) is 3.65. The molecule has 2 aliphatic rings. The maximum absolute atomic E-state index is 12.7. The highest BCUT2D eigenvalue weighted by Gasteiger charge is 2.38. The van der Waals surface area contributed by atoms with Crippen LogP contribution in [0.3, 0.4) is 0 Å². The molecule has 3 rings (SSSR count). The summed E-state index contributed by atoms with van der Waals surface area (Å²) >= 11 is 3.47. The number of rotatable bonds is 3. The van der Waals surface area contributed by atoms with E-state index >= 15 is 0 Å². The highest BCUT2D eigenvalue weighted by molar-refractivity contribution is 9.10. The smallest absolute Gasteiger partial charge is 0.228 e. The number of aryl methyl sites for hydroxylation is 1. The van der Waals surface area contributed by atoms with Crippen LogP contribution in [0.25, 0.3) is 0 Å². The number of hydrogen-bond donors (Lipinski definition) is 1. The molecule has 0 aromatic heterocycles. The van der Waals surface area contributed by atoms with Gasteiger partial charge in [0.15, 0.2) is 0 Å². The molecule has 2 heterocycles. The number of anilines is 1. The van der Waals surface area contributed by atoms with Gasteiger partial charge in [-0.25, -0.2) is 0 Å². The number of halogens is 1. The SMILES string of the molecule is Cc1cc(N2C[C@H](C(=O)N3CC[C@H](CN)C3)CC2=O)ccc1Br. The van der Waals surface area contributed by atoms with Crippen molar-refractivity contribution < 1.29 is 9.59 Å². The van der Waals surface area contributed by atoms with E-state index < -0.39 is 0 Å². The first-order valence-electron chi connectivity index (χ1n) is 8.05. The average molecular weight is 380 g/mol. The summed E-state index contributed by atoms with van der Waals surface area (Å²) in [5, 5.41) is 0. The first-order valence-corrected chi connectivity index (χ1v) is 8.84. The van der Waals surface area contributed by atoms with Crippen LogP contribution in [-0.2, 0) is 9.59 Å². The average Bonchev–Trinajstić information content (AvgIpc) is 3.16. The fraction of sp³-hybridized carbons (Fsp3) is 0.529. The third-order valence-electron chi connectivity index (χ3n) is 4.86. The van der Waals surface area contributed by atoms with Crippen LogP contribution in [0, 0.1) is 18.8 Å². The van der Waals surface area contributed by atoms with Gasteiger partial charge in [-0.3, -0.25) is 9.59 Å². The third kappa shape index (κ3) is 3.28. The standard InChI is InChI=1S/C17H22BrN3O2/c1-11-6-14(2-3-15(11)18)21-10-13(7-16(21)22)17(23)20-5-4-12(8-19)9-20/h2-3,6,12-13H,4-5,7-10,19H2,1H3/t12-,13-/m1/s1. The first kappa shape index (κ1) is 16.5. The van der Waals surface area contributed by atoms with Gasteiger partial charge in [-0.15, -0.1) is 0 Å². The molecule has 0 radical (unpaired) electrons. The number of carbonyl (C=O) groups excluding carboxylic acids is 2. The minimum absolute atomic E-state index is 0.0274. The molecule has 0 aliphatic carbocycles. The number of hydrogen-bond acceptors (Lipinski definition) is 3. The van der Waals surface area contributed by atoms with Gasteiger partial charge >= 0.3 is 0 Å². The van der Waals surface area contributed by atoms with Crippen LogP contribution in [-0.4, -0.2) is 42.9 Å². The molecular formula is C17H22BrN3O2. The van der Waals surface area contributed by atoms with Gasteiger partial charge < -0.3 is 15.5 Å². The Morgan fingerprint density at radius 2 is 2.17 bits per heavy atom. The van der Waals surface area contributed by atoms with Crippen molar-refractivity contribution in [2.75, 3.05) is 31.1 Å². The van der Waals surface area contributed by atoms with Crippen LogP contribution < -0.4 is 10.6 Å². The van der Waals surface area contributed by atoms with Gasteiger partial charge in [0.05, 0.1) is 5.92 Å². The quantitative estimate of drug-likeness (QED) is 0.871. The molecule has 0 bridgehead atoms. The second-order valence-corrected chi connectivity index (χ2v) is 7.37. The van der Waals surface area contributed by atoms with Gasteiger partial charge in [-0.2, -0.15) is 0 Å². The van der Waals surface area contributed by atoms with Gasteiger partial charge in [0.1, 0.15) is 0 Å². The molecule has 2 fully saturated rings.